The topological polar surface area (TPSA) is 38.2 Å². The van der Waals surface area contributed by atoms with Gasteiger partial charge in [0.2, 0.25) is 0 Å². The van der Waals surface area contributed by atoms with Gasteiger partial charge in [-0.1, -0.05) is 26.8 Å². The van der Waals surface area contributed by atoms with Gasteiger partial charge in [0, 0.05) is 48.9 Å². The zero-order valence-electron chi connectivity index (χ0n) is 16.3. The number of methoxy groups -OCH3 is 1. The van der Waals surface area contributed by atoms with Crippen LogP contribution in [0.25, 0.3) is 0 Å². The van der Waals surface area contributed by atoms with Gasteiger partial charge in [-0.15, -0.1) is 0 Å². The molecule has 0 aliphatic carbocycles. The highest BCUT2D eigenvalue weighted by molar-refractivity contribution is 5.41. The zero-order valence-corrected chi connectivity index (χ0v) is 16.3. The highest BCUT2D eigenvalue weighted by Crippen LogP contribution is 2.26. The minimum atomic E-state index is 0.00387. The first-order valence-electron chi connectivity index (χ1n) is 8.99. The molecule has 1 aromatic carbocycles. The van der Waals surface area contributed by atoms with E-state index in [0.717, 1.165) is 37.6 Å². The maximum atomic E-state index is 5.43. The van der Waals surface area contributed by atoms with Crippen LogP contribution in [-0.4, -0.2) is 28.5 Å². The van der Waals surface area contributed by atoms with Gasteiger partial charge in [-0.2, -0.15) is 0 Å². The number of fused-ring (bicyclic) bond motifs is 1. The van der Waals surface area contributed by atoms with Crippen LogP contribution in [0.1, 0.15) is 54.5 Å². The summed E-state index contributed by atoms with van der Waals surface area (Å²) in [5, 5.41) is 0. The first-order valence-corrected chi connectivity index (χ1v) is 8.99. The third kappa shape index (κ3) is 3.84. The normalized spacial score (nSPS) is 15.1. The van der Waals surface area contributed by atoms with Crippen LogP contribution in [0.5, 0.6) is 5.75 Å². The smallest absolute Gasteiger partial charge is 0.133 e. The second-order valence-electron chi connectivity index (χ2n) is 8.12. The maximum Gasteiger partial charge on any atom is 0.133 e. The SMILES string of the molecule is COc1cc(C)c(CN2CCc3nc(C(C)(C)C)ncc3C2)cc1C. The fraction of sp³-hybridized carbons (Fsp3) is 0.524. The number of nitrogens with zero attached hydrogens (tertiary/aromatic N) is 3. The van der Waals surface area contributed by atoms with E-state index >= 15 is 0 Å². The average Bonchev–Trinajstić information content (AvgIpc) is 2.56. The molecular formula is C21H29N3O. The van der Waals surface area contributed by atoms with E-state index in [-0.39, 0.29) is 5.41 Å². The van der Waals surface area contributed by atoms with Gasteiger partial charge in [-0.3, -0.25) is 4.90 Å². The molecule has 2 aromatic rings. The van der Waals surface area contributed by atoms with Gasteiger partial charge < -0.3 is 4.74 Å². The Hall–Kier alpha value is -1.94. The Morgan fingerprint density at radius 2 is 1.92 bits per heavy atom. The summed E-state index contributed by atoms with van der Waals surface area (Å²) in [5.74, 6) is 1.91. The van der Waals surface area contributed by atoms with Gasteiger partial charge in [0.05, 0.1) is 7.11 Å². The number of ether oxygens (including phenoxy) is 1. The second-order valence-corrected chi connectivity index (χ2v) is 8.12. The summed E-state index contributed by atoms with van der Waals surface area (Å²) in [7, 11) is 1.73. The first-order chi connectivity index (χ1) is 11.8. The number of aromatic nitrogens is 2. The number of benzene rings is 1. The molecular weight excluding hydrogens is 310 g/mol. The molecule has 0 N–H and O–H groups in total. The van der Waals surface area contributed by atoms with E-state index in [1.165, 1.54) is 27.9 Å². The molecule has 25 heavy (non-hydrogen) atoms. The lowest BCUT2D eigenvalue weighted by Gasteiger charge is -2.29. The fourth-order valence-electron chi connectivity index (χ4n) is 3.35. The van der Waals surface area contributed by atoms with Gasteiger partial charge >= 0.3 is 0 Å². The van der Waals surface area contributed by atoms with E-state index in [9.17, 15) is 0 Å². The van der Waals surface area contributed by atoms with Crippen molar-refractivity contribution in [3.8, 4) is 5.75 Å². The van der Waals surface area contributed by atoms with E-state index in [2.05, 4.69) is 56.6 Å². The van der Waals surface area contributed by atoms with Gasteiger partial charge in [-0.25, -0.2) is 9.97 Å². The second kappa shape index (κ2) is 6.75. The lowest BCUT2D eigenvalue weighted by molar-refractivity contribution is 0.241. The van der Waals surface area contributed by atoms with Crippen LogP contribution in [0, 0.1) is 13.8 Å². The molecule has 4 nitrogen and oxygen atoms in total. The van der Waals surface area contributed by atoms with Crippen LogP contribution in [0.4, 0.5) is 0 Å². The molecule has 1 aliphatic rings. The lowest BCUT2D eigenvalue weighted by Crippen LogP contribution is -2.32. The molecule has 0 radical (unpaired) electrons. The quantitative estimate of drug-likeness (QED) is 0.848. The van der Waals surface area contributed by atoms with Crippen molar-refractivity contribution in [3.63, 3.8) is 0 Å². The van der Waals surface area contributed by atoms with Gasteiger partial charge in [-0.05, 0) is 36.6 Å². The Kier molecular flexibility index (Phi) is 4.83. The molecule has 0 saturated heterocycles. The van der Waals surface area contributed by atoms with Crippen molar-refractivity contribution in [2.24, 2.45) is 0 Å². The number of hydrogen-bond acceptors (Lipinski definition) is 4. The molecule has 2 heterocycles. The molecule has 134 valence electrons. The molecule has 0 bridgehead atoms. The fourth-order valence-corrected chi connectivity index (χ4v) is 3.35. The molecule has 1 aromatic heterocycles. The van der Waals surface area contributed by atoms with Gasteiger partial charge in [0.15, 0.2) is 0 Å². The molecule has 0 unspecified atom stereocenters. The summed E-state index contributed by atoms with van der Waals surface area (Å²) in [6, 6.07) is 4.39. The Morgan fingerprint density at radius 1 is 1.16 bits per heavy atom. The number of hydrogen-bond donors (Lipinski definition) is 0. The summed E-state index contributed by atoms with van der Waals surface area (Å²) in [6.07, 6.45) is 3.02. The number of aryl methyl sites for hydroxylation is 2. The monoisotopic (exact) mass is 339 g/mol. The minimum absolute atomic E-state index is 0.00387. The average molecular weight is 339 g/mol. The largest absolute Gasteiger partial charge is 0.496 e. The summed E-state index contributed by atoms with van der Waals surface area (Å²) >= 11 is 0. The van der Waals surface area contributed by atoms with Crippen molar-refractivity contribution in [2.75, 3.05) is 13.7 Å². The molecule has 0 atom stereocenters. The van der Waals surface area contributed by atoms with Crippen LogP contribution in [0.2, 0.25) is 0 Å². The third-order valence-electron chi connectivity index (χ3n) is 4.93. The Morgan fingerprint density at radius 3 is 2.60 bits per heavy atom. The van der Waals surface area contributed by atoms with Crippen molar-refractivity contribution in [1.29, 1.82) is 0 Å². The van der Waals surface area contributed by atoms with Gasteiger partial charge in [0.25, 0.3) is 0 Å². The van der Waals surface area contributed by atoms with E-state index in [4.69, 9.17) is 9.72 Å². The molecule has 3 rings (SSSR count). The molecule has 0 spiro atoms. The van der Waals surface area contributed by atoms with Crippen LogP contribution in [0.3, 0.4) is 0 Å². The van der Waals surface area contributed by atoms with Crippen molar-refractivity contribution >= 4 is 0 Å². The molecule has 0 fully saturated rings. The lowest BCUT2D eigenvalue weighted by atomic mass is 9.95. The molecule has 1 aliphatic heterocycles. The van der Waals surface area contributed by atoms with E-state index in [1.807, 2.05) is 6.20 Å². The van der Waals surface area contributed by atoms with Crippen LogP contribution in [0.15, 0.2) is 18.3 Å². The number of rotatable bonds is 3. The minimum Gasteiger partial charge on any atom is -0.496 e. The summed E-state index contributed by atoms with van der Waals surface area (Å²) in [4.78, 5) is 11.9. The predicted octanol–water partition coefficient (Wildman–Crippen LogP) is 3.96. The zero-order chi connectivity index (χ0) is 18.2. The Labute approximate surface area is 151 Å². The standard InChI is InChI=1S/C21H29N3O/c1-14-10-19(25-6)15(2)9-16(14)12-24-8-7-18-17(13-24)11-22-20(23-18)21(3,4)5/h9-11H,7-8,12-13H2,1-6H3. The summed E-state index contributed by atoms with van der Waals surface area (Å²) in [6.45, 7) is 13.7. The molecule has 0 amide bonds. The Balaban J connectivity index is 1.77. The van der Waals surface area contributed by atoms with Crippen molar-refractivity contribution in [3.05, 3.63) is 52.1 Å². The predicted molar refractivity (Wildman–Crippen MR) is 101 cm³/mol. The van der Waals surface area contributed by atoms with Crippen LogP contribution >= 0.6 is 0 Å². The Bertz CT molecular complexity index is 777. The highest BCUT2D eigenvalue weighted by atomic mass is 16.5. The van der Waals surface area contributed by atoms with Gasteiger partial charge in [0.1, 0.15) is 11.6 Å². The van der Waals surface area contributed by atoms with E-state index < -0.39 is 0 Å². The van der Waals surface area contributed by atoms with E-state index in [1.54, 1.807) is 7.11 Å². The van der Waals surface area contributed by atoms with Crippen molar-refractivity contribution < 1.29 is 4.74 Å². The third-order valence-corrected chi connectivity index (χ3v) is 4.93. The van der Waals surface area contributed by atoms with Crippen LogP contribution in [-0.2, 0) is 24.9 Å². The van der Waals surface area contributed by atoms with Crippen molar-refractivity contribution in [2.45, 2.75) is 59.5 Å². The van der Waals surface area contributed by atoms with Crippen molar-refractivity contribution in [1.82, 2.24) is 14.9 Å². The van der Waals surface area contributed by atoms with E-state index in [0.29, 0.717) is 0 Å². The molecule has 4 heteroatoms. The maximum absolute atomic E-state index is 5.43. The van der Waals surface area contributed by atoms with Crippen LogP contribution < -0.4 is 4.74 Å². The molecule has 0 saturated carbocycles. The summed E-state index contributed by atoms with van der Waals surface area (Å²) < 4.78 is 5.43. The highest BCUT2D eigenvalue weighted by Gasteiger charge is 2.23. The first kappa shape index (κ1) is 17.9. The summed E-state index contributed by atoms with van der Waals surface area (Å²) in [5.41, 5.74) is 6.34.